The van der Waals surface area contributed by atoms with Crippen molar-refractivity contribution in [2.24, 2.45) is 0 Å². The molecule has 0 aromatic heterocycles. The van der Waals surface area contributed by atoms with Gasteiger partial charge in [-0.05, 0) is 33.6 Å². The van der Waals surface area contributed by atoms with E-state index in [0.29, 0.717) is 11.0 Å². The van der Waals surface area contributed by atoms with Crippen LogP contribution >= 0.6 is 40.1 Å². The Hall–Kier alpha value is -0.300. The first-order chi connectivity index (χ1) is 8.16. The molecule has 1 aliphatic rings. The van der Waals surface area contributed by atoms with Gasteiger partial charge in [0.2, 0.25) is 5.91 Å². The van der Waals surface area contributed by atoms with Gasteiger partial charge in [-0.1, -0.05) is 6.07 Å². The molecule has 1 amide bonds. The molecular weight excluding hydrogens is 343 g/mol. The van der Waals surface area contributed by atoms with Gasteiger partial charge in [0.05, 0.1) is 10.5 Å². The predicted octanol–water partition coefficient (Wildman–Crippen LogP) is 2.29. The van der Waals surface area contributed by atoms with Crippen LogP contribution in [0.1, 0.15) is 5.56 Å². The second-order valence-electron chi connectivity index (χ2n) is 3.74. The van der Waals surface area contributed by atoms with Gasteiger partial charge in [0.25, 0.3) is 0 Å². The second-order valence-corrected chi connectivity index (χ2v) is 5.62. The summed E-state index contributed by atoms with van der Waals surface area (Å²) in [6.45, 7) is 0.353. The molecule has 0 bridgehead atoms. The zero-order chi connectivity index (χ0) is 12.3. The summed E-state index contributed by atoms with van der Waals surface area (Å²) in [5, 5.41) is 5.87. The van der Waals surface area contributed by atoms with Crippen LogP contribution < -0.4 is 10.6 Å². The third-order valence-corrected chi connectivity index (χ3v) is 4.07. The van der Waals surface area contributed by atoms with Crippen LogP contribution in [0.5, 0.6) is 0 Å². The number of rotatable bonds is 3. The summed E-state index contributed by atoms with van der Waals surface area (Å²) < 4.78 is 13.7. The van der Waals surface area contributed by atoms with Gasteiger partial charge in [-0.2, -0.15) is 0 Å². The summed E-state index contributed by atoms with van der Waals surface area (Å²) in [7, 11) is 0. The standard InChI is InChI=1S/C11H12BrFN2OS.ClH/c12-8-2-1-7(3-9(8)13)4-14-11(16)10-5-17-6-15-10;/h1-3,10,15H,4-6H2,(H,14,16);1H. The summed E-state index contributed by atoms with van der Waals surface area (Å²) in [6, 6.07) is 4.71. The Kier molecular flexibility index (Phi) is 6.42. The van der Waals surface area contributed by atoms with Crippen LogP contribution in [0.3, 0.4) is 0 Å². The first kappa shape index (κ1) is 15.8. The number of hydrogen-bond acceptors (Lipinski definition) is 3. The third-order valence-electron chi connectivity index (χ3n) is 2.48. The average Bonchev–Trinajstić information content (AvgIpc) is 2.84. The average molecular weight is 356 g/mol. The minimum absolute atomic E-state index is 0. The van der Waals surface area contributed by atoms with E-state index in [0.717, 1.165) is 17.2 Å². The van der Waals surface area contributed by atoms with Gasteiger partial charge in [0.15, 0.2) is 0 Å². The number of benzene rings is 1. The van der Waals surface area contributed by atoms with Gasteiger partial charge in [-0.15, -0.1) is 24.2 Å². The lowest BCUT2D eigenvalue weighted by molar-refractivity contribution is -0.122. The molecule has 2 rings (SSSR count). The Morgan fingerprint density at radius 3 is 3.00 bits per heavy atom. The SMILES string of the molecule is Cl.O=C(NCc1ccc(Br)c(F)c1)C1CSCN1. The summed E-state index contributed by atoms with van der Waals surface area (Å²) in [6.07, 6.45) is 0. The van der Waals surface area contributed by atoms with Crippen molar-refractivity contribution in [2.45, 2.75) is 12.6 Å². The Balaban J connectivity index is 0.00000162. The van der Waals surface area contributed by atoms with E-state index in [2.05, 4.69) is 26.6 Å². The molecule has 0 radical (unpaired) electrons. The molecule has 0 aliphatic carbocycles. The van der Waals surface area contributed by atoms with Crippen LogP contribution in [0.25, 0.3) is 0 Å². The maximum atomic E-state index is 13.2. The summed E-state index contributed by atoms with van der Waals surface area (Å²) in [5.41, 5.74) is 0.754. The molecule has 18 heavy (non-hydrogen) atoms. The van der Waals surface area contributed by atoms with Crippen molar-refractivity contribution < 1.29 is 9.18 Å². The molecule has 0 saturated carbocycles. The van der Waals surface area contributed by atoms with Crippen molar-refractivity contribution in [1.82, 2.24) is 10.6 Å². The highest BCUT2D eigenvalue weighted by Crippen LogP contribution is 2.16. The summed E-state index contributed by atoms with van der Waals surface area (Å²) in [4.78, 5) is 11.7. The van der Waals surface area contributed by atoms with E-state index < -0.39 is 0 Å². The fourth-order valence-corrected chi connectivity index (χ4v) is 2.71. The molecule has 3 nitrogen and oxygen atoms in total. The topological polar surface area (TPSA) is 41.1 Å². The van der Waals surface area contributed by atoms with E-state index >= 15 is 0 Å². The highest BCUT2D eigenvalue weighted by atomic mass is 79.9. The summed E-state index contributed by atoms with van der Waals surface area (Å²) in [5.74, 6) is 1.26. The molecule has 1 fully saturated rings. The van der Waals surface area contributed by atoms with Crippen molar-refractivity contribution in [3.8, 4) is 0 Å². The van der Waals surface area contributed by atoms with Gasteiger partial charge in [-0.3, -0.25) is 10.1 Å². The normalized spacial score (nSPS) is 18.2. The van der Waals surface area contributed by atoms with Crippen LogP contribution in [0, 0.1) is 5.82 Å². The van der Waals surface area contributed by atoms with Crippen LogP contribution in [-0.2, 0) is 11.3 Å². The number of amides is 1. The van der Waals surface area contributed by atoms with Crippen LogP contribution in [-0.4, -0.2) is 23.6 Å². The molecule has 2 N–H and O–H groups in total. The van der Waals surface area contributed by atoms with Crippen molar-refractivity contribution in [3.63, 3.8) is 0 Å². The first-order valence-corrected chi connectivity index (χ1v) is 7.14. The molecule has 1 saturated heterocycles. The Morgan fingerprint density at radius 1 is 1.61 bits per heavy atom. The first-order valence-electron chi connectivity index (χ1n) is 5.19. The lowest BCUT2D eigenvalue weighted by atomic mass is 10.2. The van der Waals surface area contributed by atoms with Crippen LogP contribution in [0.15, 0.2) is 22.7 Å². The predicted molar refractivity (Wildman–Crippen MR) is 77.4 cm³/mol. The lowest BCUT2D eigenvalue weighted by Crippen LogP contribution is -2.41. The van der Waals surface area contributed by atoms with E-state index in [1.165, 1.54) is 6.07 Å². The fraction of sp³-hybridized carbons (Fsp3) is 0.364. The molecule has 7 heteroatoms. The highest BCUT2D eigenvalue weighted by molar-refractivity contribution is 9.10. The van der Waals surface area contributed by atoms with Crippen LogP contribution in [0.4, 0.5) is 4.39 Å². The van der Waals surface area contributed by atoms with Crippen molar-refractivity contribution in [2.75, 3.05) is 11.6 Å². The van der Waals surface area contributed by atoms with E-state index in [1.807, 2.05) is 0 Å². The number of hydrogen-bond donors (Lipinski definition) is 2. The molecule has 0 spiro atoms. The van der Waals surface area contributed by atoms with Gasteiger partial charge >= 0.3 is 0 Å². The van der Waals surface area contributed by atoms with E-state index in [9.17, 15) is 9.18 Å². The molecule has 100 valence electrons. The zero-order valence-electron chi connectivity index (χ0n) is 9.41. The van der Waals surface area contributed by atoms with Crippen LogP contribution in [0.2, 0.25) is 0 Å². The van der Waals surface area contributed by atoms with Crippen molar-refractivity contribution in [1.29, 1.82) is 0 Å². The number of carbonyl (C=O) groups excluding carboxylic acids is 1. The van der Waals surface area contributed by atoms with Gasteiger partial charge < -0.3 is 5.32 Å². The Labute approximate surface area is 124 Å². The largest absolute Gasteiger partial charge is 0.351 e. The van der Waals surface area contributed by atoms with Gasteiger partial charge in [0.1, 0.15) is 5.82 Å². The number of thioether (sulfide) groups is 1. The highest BCUT2D eigenvalue weighted by Gasteiger charge is 2.21. The third kappa shape index (κ3) is 4.12. The fourth-order valence-electron chi connectivity index (χ4n) is 1.53. The van der Waals surface area contributed by atoms with E-state index in [1.54, 1.807) is 23.9 Å². The lowest BCUT2D eigenvalue weighted by Gasteiger charge is -2.10. The molecule has 1 aromatic rings. The van der Waals surface area contributed by atoms with Gasteiger partial charge in [0, 0.05) is 18.2 Å². The Morgan fingerprint density at radius 2 is 2.39 bits per heavy atom. The molecule has 1 atom stereocenters. The molecule has 1 unspecified atom stereocenters. The second kappa shape index (κ2) is 7.33. The smallest absolute Gasteiger partial charge is 0.238 e. The van der Waals surface area contributed by atoms with Gasteiger partial charge in [-0.25, -0.2) is 4.39 Å². The van der Waals surface area contributed by atoms with Crippen molar-refractivity contribution >= 4 is 46.0 Å². The minimum Gasteiger partial charge on any atom is -0.351 e. The van der Waals surface area contributed by atoms with E-state index in [-0.39, 0.29) is 30.2 Å². The molecular formula is C11H13BrClFN2OS. The summed E-state index contributed by atoms with van der Waals surface area (Å²) >= 11 is 4.79. The molecule has 1 aliphatic heterocycles. The maximum absolute atomic E-state index is 13.2. The zero-order valence-corrected chi connectivity index (χ0v) is 12.6. The number of halogens is 3. The van der Waals surface area contributed by atoms with Crippen molar-refractivity contribution in [3.05, 3.63) is 34.1 Å². The number of nitrogens with one attached hydrogen (secondary N) is 2. The van der Waals surface area contributed by atoms with E-state index in [4.69, 9.17) is 0 Å². The monoisotopic (exact) mass is 354 g/mol. The quantitative estimate of drug-likeness (QED) is 0.874. The number of carbonyl (C=O) groups is 1. The minimum atomic E-state index is -0.314. The Bertz CT molecular complexity index is 430. The maximum Gasteiger partial charge on any atom is 0.238 e. The molecule has 1 aromatic carbocycles. The molecule has 1 heterocycles.